The van der Waals surface area contributed by atoms with Gasteiger partial charge < -0.3 is 4.74 Å². The standard InChI is InChI=1S/C24H24N4O4S3/c1-32-19-9-10-21-20(14-19)26-24(34-21)28(16-18-7-2-3-11-25-18)23(29)17-6-4-12-27(15-17)35(30,31)22-8-5-13-33-22/h2-3,5,7-11,13-14,17H,4,6,12,15-16H2,1H3. The zero-order valence-electron chi connectivity index (χ0n) is 19.0. The normalized spacial score (nSPS) is 16.9. The molecule has 0 radical (unpaired) electrons. The van der Waals surface area contributed by atoms with Crippen LogP contribution < -0.4 is 9.64 Å². The van der Waals surface area contributed by atoms with E-state index < -0.39 is 15.9 Å². The summed E-state index contributed by atoms with van der Waals surface area (Å²) in [4.78, 5) is 24.7. The van der Waals surface area contributed by atoms with Gasteiger partial charge in [-0.25, -0.2) is 13.4 Å². The molecule has 1 fully saturated rings. The minimum Gasteiger partial charge on any atom is -0.497 e. The number of hydrogen-bond acceptors (Lipinski definition) is 8. The number of aromatic nitrogens is 2. The quantitative estimate of drug-likeness (QED) is 0.353. The lowest BCUT2D eigenvalue weighted by Crippen LogP contribution is -2.46. The van der Waals surface area contributed by atoms with Crippen LogP contribution in [0.4, 0.5) is 5.13 Å². The monoisotopic (exact) mass is 528 g/mol. The second-order valence-electron chi connectivity index (χ2n) is 8.21. The minimum atomic E-state index is -3.62. The van der Waals surface area contributed by atoms with Crippen LogP contribution in [-0.4, -0.2) is 48.8 Å². The first-order chi connectivity index (χ1) is 17.0. The Labute approximate surface area is 211 Å². The van der Waals surface area contributed by atoms with Crippen LogP contribution in [0.2, 0.25) is 0 Å². The molecule has 4 heterocycles. The topological polar surface area (TPSA) is 92.7 Å². The van der Waals surface area contributed by atoms with E-state index in [1.165, 1.54) is 27.0 Å². The Hall–Kier alpha value is -2.86. The highest BCUT2D eigenvalue weighted by atomic mass is 32.2. The molecule has 1 unspecified atom stereocenters. The molecule has 182 valence electrons. The molecule has 1 saturated heterocycles. The molecule has 0 bridgehead atoms. The van der Waals surface area contributed by atoms with Crippen molar-refractivity contribution in [2.75, 3.05) is 25.1 Å². The number of thiophene rings is 1. The number of pyridine rings is 1. The van der Waals surface area contributed by atoms with E-state index in [0.717, 1.165) is 15.9 Å². The molecule has 1 aliphatic rings. The lowest BCUT2D eigenvalue weighted by atomic mass is 9.98. The van der Waals surface area contributed by atoms with Gasteiger partial charge in [0, 0.05) is 25.4 Å². The molecule has 1 atom stereocenters. The molecule has 0 N–H and O–H groups in total. The number of methoxy groups -OCH3 is 1. The SMILES string of the molecule is COc1ccc2sc(N(Cc3ccccn3)C(=O)C3CCCN(S(=O)(=O)c4cccs4)C3)nc2c1. The summed E-state index contributed by atoms with van der Waals surface area (Å²) in [5, 5.41) is 2.30. The van der Waals surface area contributed by atoms with Gasteiger partial charge in [-0.1, -0.05) is 23.5 Å². The molecule has 3 aromatic heterocycles. The van der Waals surface area contributed by atoms with Crippen LogP contribution in [0.25, 0.3) is 10.2 Å². The summed E-state index contributed by atoms with van der Waals surface area (Å²) < 4.78 is 34.2. The molecule has 4 aromatic rings. The van der Waals surface area contributed by atoms with E-state index in [0.29, 0.717) is 34.5 Å². The van der Waals surface area contributed by atoms with Crippen molar-refractivity contribution in [1.29, 1.82) is 0 Å². The second kappa shape index (κ2) is 10.0. The number of ether oxygens (including phenoxy) is 1. The fourth-order valence-corrected chi connectivity index (χ4v) is 7.77. The van der Waals surface area contributed by atoms with E-state index in [2.05, 4.69) is 4.98 Å². The van der Waals surface area contributed by atoms with E-state index >= 15 is 0 Å². The lowest BCUT2D eigenvalue weighted by molar-refractivity contribution is -0.123. The number of rotatable bonds is 7. The van der Waals surface area contributed by atoms with Gasteiger partial charge in [-0.15, -0.1) is 11.3 Å². The number of nitrogens with zero attached hydrogens (tertiary/aromatic N) is 4. The lowest BCUT2D eigenvalue weighted by Gasteiger charge is -2.33. The maximum Gasteiger partial charge on any atom is 0.252 e. The number of amides is 1. The van der Waals surface area contributed by atoms with Crippen LogP contribution in [0.5, 0.6) is 5.75 Å². The molecule has 5 rings (SSSR count). The van der Waals surface area contributed by atoms with Crippen LogP contribution in [0, 0.1) is 5.92 Å². The van der Waals surface area contributed by atoms with Gasteiger partial charge in [-0.2, -0.15) is 4.31 Å². The van der Waals surface area contributed by atoms with Crippen molar-refractivity contribution < 1.29 is 17.9 Å². The van der Waals surface area contributed by atoms with Gasteiger partial charge in [0.15, 0.2) is 5.13 Å². The molecule has 8 nitrogen and oxygen atoms in total. The Kier molecular flexibility index (Phi) is 6.83. The molecule has 1 aliphatic heterocycles. The molecule has 35 heavy (non-hydrogen) atoms. The largest absolute Gasteiger partial charge is 0.497 e. The van der Waals surface area contributed by atoms with Crippen molar-refractivity contribution in [1.82, 2.24) is 14.3 Å². The van der Waals surface area contributed by atoms with Crippen LogP contribution >= 0.6 is 22.7 Å². The Morgan fingerprint density at radius 1 is 1.23 bits per heavy atom. The highest BCUT2D eigenvalue weighted by Gasteiger charge is 2.36. The van der Waals surface area contributed by atoms with Crippen LogP contribution in [0.15, 0.2) is 64.3 Å². The number of hydrogen-bond donors (Lipinski definition) is 0. The highest BCUT2D eigenvalue weighted by Crippen LogP contribution is 2.34. The Morgan fingerprint density at radius 2 is 2.11 bits per heavy atom. The number of anilines is 1. The Balaban J connectivity index is 1.46. The summed E-state index contributed by atoms with van der Waals surface area (Å²) in [6.45, 7) is 0.812. The number of benzene rings is 1. The van der Waals surface area contributed by atoms with E-state index in [9.17, 15) is 13.2 Å². The van der Waals surface area contributed by atoms with Gasteiger partial charge in [0.05, 0.1) is 35.5 Å². The Bertz CT molecular complexity index is 1420. The van der Waals surface area contributed by atoms with E-state index in [1.807, 2.05) is 36.4 Å². The number of carbonyl (C=O) groups excluding carboxylic acids is 1. The fourth-order valence-electron chi connectivity index (χ4n) is 4.15. The molecular weight excluding hydrogens is 504 g/mol. The van der Waals surface area contributed by atoms with Gasteiger partial charge >= 0.3 is 0 Å². The van der Waals surface area contributed by atoms with E-state index in [4.69, 9.17) is 9.72 Å². The fraction of sp³-hybridized carbons (Fsp3) is 0.292. The average molecular weight is 529 g/mol. The summed E-state index contributed by atoms with van der Waals surface area (Å²) in [6, 6.07) is 14.5. The molecular formula is C24H24N4O4S3. The van der Waals surface area contributed by atoms with Crippen LogP contribution in [-0.2, 0) is 21.4 Å². The number of fused-ring (bicyclic) bond motifs is 1. The first-order valence-corrected chi connectivity index (χ1v) is 14.3. The third-order valence-corrected chi connectivity index (χ3v) is 10.2. The van der Waals surface area contributed by atoms with Gasteiger partial charge in [-0.05, 0) is 48.6 Å². The zero-order valence-corrected chi connectivity index (χ0v) is 21.5. The predicted molar refractivity (Wildman–Crippen MR) is 137 cm³/mol. The van der Waals surface area contributed by atoms with Crippen molar-refractivity contribution >= 4 is 54.0 Å². The van der Waals surface area contributed by atoms with Crippen LogP contribution in [0.3, 0.4) is 0 Å². The predicted octanol–water partition coefficient (Wildman–Crippen LogP) is 4.40. The second-order valence-corrected chi connectivity index (χ2v) is 12.3. The average Bonchev–Trinajstić information content (AvgIpc) is 3.58. The number of sulfonamides is 1. The molecule has 1 amide bonds. The molecule has 0 aliphatic carbocycles. The molecule has 1 aromatic carbocycles. The Morgan fingerprint density at radius 3 is 2.86 bits per heavy atom. The van der Waals surface area contributed by atoms with Crippen molar-refractivity contribution in [2.24, 2.45) is 5.92 Å². The van der Waals surface area contributed by atoms with Gasteiger partial charge in [0.1, 0.15) is 9.96 Å². The molecule has 11 heteroatoms. The maximum atomic E-state index is 13.9. The summed E-state index contributed by atoms with van der Waals surface area (Å²) >= 11 is 2.61. The first kappa shape index (κ1) is 23.9. The van der Waals surface area contributed by atoms with Crippen molar-refractivity contribution in [2.45, 2.75) is 23.6 Å². The van der Waals surface area contributed by atoms with Crippen molar-refractivity contribution in [3.8, 4) is 5.75 Å². The molecule has 0 spiro atoms. The first-order valence-electron chi connectivity index (χ1n) is 11.2. The smallest absolute Gasteiger partial charge is 0.252 e. The number of piperidine rings is 1. The van der Waals surface area contributed by atoms with Gasteiger partial charge in [-0.3, -0.25) is 14.7 Å². The van der Waals surface area contributed by atoms with Crippen LogP contribution in [0.1, 0.15) is 18.5 Å². The highest BCUT2D eigenvalue weighted by molar-refractivity contribution is 7.91. The summed E-state index contributed by atoms with van der Waals surface area (Å²) in [6.07, 6.45) is 2.93. The van der Waals surface area contributed by atoms with Crippen molar-refractivity contribution in [3.05, 3.63) is 65.8 Å². The van der Waals surface area contributed by atoms with Gasteiger partial charge in [0.25, 0.3) is 10.0 Å². The molecule has 0 saturated carbocycles. The maximum absolute atomic E-state index is 13.9. The van der Waals surface area contributed by atoms with E-state index in [1.54, 1.807) is 35.7 Å². The number of thiazole rings is 1. The summed E-state index contributed by atoms with van der Waals surface area (Å²) in [5.74, 6) is 0.0789. The zero-order chi connectivity index (χ0) is 24.4. The van der Waals surface area contributed by atoms with Gasteiger partial charge in [0.2, 0.25) is 5.91 Å². The summed E-state index contributed by atoms with van der Waals surface area (Å²) in [7, 11) is -2.02. The number of carbonyl (C=O) groups is 1. The van der Waals surface area contributed by atoms with Crippen molar-refractivity contribution in [3.63, 3.8) is 0 Å². The minimum absolute atomic E-state index is 0.146. The summed E-state index contributed by atoms with van der Waals surface area (Å²) in [5.41, 5.74) is 1.48. The third kappa shape index (κ3) is 4.94. The third-order valence-electron chi connectivity index (χ3n) is 5.95. The van der Waals surface area contributed by atoms with E-state index in [-0.39, 0.29) is 19.0 Å².